The van der Waals surface area contributed by atoms with Gasteiger partial charge in [0.15, 0.2) is 5.82 Å². The Balaban J connectivity index is 1.78. The largest absolute Gasteiger partial charge is 0.393 e. The van der Waals surface area contributed by atoms with Crippen molar-refractivity contribution in [2.24, 2.45) is 5.92 Å². The number of amides is 1. The van der Waals surface area contributed by atoms with Gasteiger partial charge in [0, 0.05) is 31.8 Å². The molecule has 1 aromatic heterocycles. The van der Waals surface area contributed by atoms with Gasteiger partial charge in [-0.05, 0) is 19.3 Å². The quantitative estimate of drug-likeness (QED) is 0.829. The zero-order valence-corrected chi connectivity index (χ0v) is 13.4. The van der Waals surface area contributed by atoms with Crippen LogP contribution >= 0.6 is 0 Å². The molecule has 2 heterocycles. The Morgan fingerprint density at radius 1 is 1.43 bits per heavy atom. The number of halogens is 3. The second-order valence-electron chi connectivity index (χ2n) is 6.28. The van der Waals surface area contributed by atoms with Gasteiger partial charge in [0.05, 0.1) is 5.92 Å². The lowest BCUT2D eigenvalue weighted by Crippen LogP contribution is -2.44. The molecule has 8 heteroatoms. The second-order valence-corrected chi connectivity index (χ2v) is 6.28. The van der Waals surface area contributed by atoms with Crippen molar-refractivity contribution in [2.45, 2.75) is 58.0 Å². The smallest absolute Gasteiger partial charge is 0.342 e. The van der Waals surface area contributed by atoms with E-state index in [1.807, 2.05) is 13.8 Å². The highest BCUT2D eigenvalue weighted by Gasteiger charge is 2.42. The summed E-state index contributed by atoms with van der Waals surface area (Å²) < 4.78 is 43.3. The van der Waals surface area contributed by atoms with E-state index >= 15 is 0 Å². The molecular weight excluding hydrogens is 311 g/mol. The number of hydrogen-bond acceptors (Lipinski definition) is 4. The fraction of sp³-hybridized carbons (Fsp3) is 0.800. The number of piperidine rings is 1. The summed E-state index contributed by atoms with van der Waals surface area (Å²) in [5, 5.41) is 3.83. The number of aryl methyl sites for hydroxylation is 1. The first-order valence-corrected chi connectivity index (χ1v) is 7.94. The Morgan fingerprint density at radius 3 is 2.78 bits per heavy atom. The monoisotopic (exact) mass is 333 g/mol. The van der Waals surface area contributed by atoms with E-state index in [1.54, 1.807) is 0 Å². The third-order valence-electron chi connectivity index (χ3n) is 4.02. The van der Waals surface area contributed by atoms with Gasteiger partial charge in [0.2, 0.25) is 11.8 Å². The van der Waals surface area contributed by atoms with Gasteiger partial charge in [-0.25, -0.2) is 0 Å². The van der Waals surface area contributed by atoms with Crippen LogP contribution in [0.4, 0.5) is 13.2 Å². The van der Waals surface area contributed by atoms with E-state index in [0.717, 1.165) is 0 Å². The maximum atomic E-state index is 12.8. The minimum Gasteiger partial charge on any atom is -0.342 e. The maximum absolute atomic E-state index is 12.8. The first kappa shape index (κ1) is 17.7. The number of aromatic nitrogens is 2. The van der Waals surface area contributed by atoms with Crippen LogP contribution < -0.4 is 0 Å². The molecule has 0 saturated carbocycles. The standard InChI is InChI=1S/C15H22F3N3O2/c1-10(2)14-19-12(23-20-14)6-3-7-13(22)21-8-4-5-11(9-21)15(16,17)18/h10-11H,3-9H2,1-2H3. The average molecular weight is 333 g/mol. The van der Waals surface area contributed by atoms with Gasteiger partial charge in [-0.2, -0.15) is 18.2 Å². The first-order valence-electron chi connectivity index (χ1n) is 7.94. The number of nitrogens with zero attached hydrogens (tertiary/aromatic N) is 3. The highest BCUT2D eigenvalue weighted by Crippen LogP contribution is 2.33. The third kappa shape index (κ3) is 4.94. The highest BCUT2D eigenvalue weighted by atomic mass is 19.4. The molecule has 1 aliphatic heterocycles. The van der Waals surface area contributed by atoms with Crippen LogP contribution in [0.3, 0.4) is 0 Å². The molecule has 0 radical (unpaired) electrons. The normalized spacial score (nSPS) is 19.4. The van der Waals surface area contributed by atoms with Crippen LogP contribution in [-0.2, 0) is 11.2 Å². The molecule has 5 nitrogen and oxygen atoms in total. The van der Waals surface area contributed by atoms with Crippen LogP contribution in [0, 0.1) is 5.92 Å². The first-order chi connectivity index (χ1) is 10.8. The molecule has 0 aromatic carbocycles. The predicted octanol–water partition coefficient (Wildman–Crippen LogP) is 3.32. The molecule has 1 unspecified atom stereocenters. The SMILES string of the molecule is CC(C)c1noc(CCCC(=O)N2CCCC(C(F)(F)F)C2)n1. The van der Waals surface area contributed by atoms with Gasteiger partial charge in [-0.15, -0.1) is 0 Å². The second kappa shape index (κ2) is 7.31. The van der Waals surface area contributed by atoms with Crippen molar-refractivity contribution in [3.05, 3.63) is 11.7 Å². The molecule has 0 spiro atoms. The molecule has 1 amide bonds. The maximum Gasteiger partial charge on any atom is 0.393 e. The fourth-order valence-corrected chi connectivity index (χ4v) is 2.62. The van der Waals surface area contributed by atoms with Gasteiger partial charge in [0.25, 0.3) is 0 Å². The van der Waals surface area contributed by atoms with Crippen molar-refractivity contribution in [3.8, 4) is 0 Å². The van der Waals surface area contributed by atoms with Gasteiger partial charge < -0.3 is 9.42 Å². The third-order valence-corrected chi connectivity index (χ3v) is 4.02. The number of hydrogen-bond donors (Lipinski definition) is 0. The van der Waals surface area contributed by atoms with Crippen molar-refractivity contribution in [3.63, 3.8) is 0 Å². The lowest BCUT2D eigenvalue weighted by molar-refractivity contribution is -0.188. The Hall–Kier alpha value is -1.60. The predicted molar refractivity (Wildman–Crippen MR) is 76.7 cm³/mol. The van der Waals surface area contributed by atoms with E-state index in [0.29, 0.717) is 37.5 Å². The van der Waals surface area contributed by atoms with Crippen molar-refractivity contribution < 1.29 is 22.5 Å². The van der Waals surface area contributed by atoms with E-state index in [4.69, 9.17) is 4.52 Å². The minimum absolute atomic E-state index is 0.104. The van der Waals surface area contributed by atoms with E-state index in [9.17, 15) is 18.0 Å². The van der Waals surface area contributed by atoms with Crippen LogP contribution in [0.1, 0.15) is 57.2 Å². The molecule has 0 bridgehead atoms. The molecule has 1 saturated heterocycles. The molecule has 2 rings (SSSR count). The molecule has 1 fully saturated rings. The van der Waals surface area contributed by atoms with Gasteiger partial charge in [-0.3, -0.25) is 4.79 Å². The number of carbonyl (C=O) groups is 1. The Kier molecular flexibility index (Phi) is 5.64. The van der Waals surface area contributed by atoms with Crippen molar-refractivity contribution in [1.29, 1.82) is 0 Å². The fourth-order valence-electron chi connectivity index (χ4n) is 2.62. The summed E-state index contributed by atoms with van der Waals surface area (Å²) in [6.45, 7) is 4.08. The zero-order chi connectivity index (χ0) is 17.0. The summed E-state index contributed by atoms with van der Waals surface area (Å²) in [5.74, 6) is -0.377. The number of alkyl halides is 3. The number of carbonyl (C=O) groups excluding carboxylic acids is 1. The van der Waals surface area contributed by atoms with Crippen LogP contribution in [0.15, 0.2) is 4.52 Å². The number of rotatable bonds is 5. The lowest BCUT2D eigenvalue weighted by Gasteiger charge is -2.33. The van der Waals surface area contributed by atoms with Crippen molar-refractivity contribution in [2.75, 3.05) is 13.1 Å². The summed E-state index contributed by atoms with van der Waals surface area (Å²) >= 11 is 0. The van der Waals surface area contributed by atoms with Crippen LogP contribution in [0.5, 0.6) is 0 Å². The molecule has 1 atom stereocenters. The minimum atomic E-state index is -4.23. The lowest BCUT2D eigenvalue weighted by atomic mass is 9.97. The zero-order valence-electron chi connectivity index (χ0n) is 13.4. The van der Waals surface area contributed by atoms with E-state index < -0.39 is 12.1 Å². The summed E-state index contributed by atoms with van der Waals surface area (Å²) in [6.07, 6.45) is -2.57. The Bertz CT molecular complexity index is 528. The topological polar surface area (TPSA) is 59.2 Å². The highest BCUT2D eigenvalue weighted by molar-refractivity contribution is 5.76. The molecule has 0 N–H and O–H groups in total. The molecular formula is C15H22F3N3O2. The Morgan fingerprint density at radius 2 is 2.17 bits per heavy atom. The van der Waals surface area contributed by atoms with Crippen LogP contribution in [0.2, 0.25) is 0 Å². The van der Waals surface area contributed by atoms with Crippen molar-refractivity contribution in [1.82, 2.24) is 15.0 Å². The molecule has 1 aliphatic rings. The van der Waals surface area contributed by atoms with Crippen molar-refractivity contribution >= 4 is 5.91 Å². The van der Waals surface area contributed by atoms with Gasteiger partial charge in [0.1, 0.15) is 0 Å². The van der Waals surface area contributed by atoms with Gasteiger partial charge in [-0.1, -0.05) is 19.0 Å². The average Bonchev–Trinajstić information content (AvgIpc) is 2.95. The van der Waals surface area contributed by atoms with E-state index in [-0.39, 0.29) is 31.2 Å². The summed E-state index contributed by atoms with van der Waals surface area (Å²) in [4.78, 5) is 17.6. The molecule has 130 valence electrons. The van der Waals surface area contributed by atoms with Gasteiger partial charge >= 0.3 is 6.18 Å². The Labute approximate surface area is 133 Å². The molecule has 1 aromatic rings. The van der Waals surface area contributed by atoms with E-state index in [2.05, 4.69) is 10.1 Å². The van der Waals surface area contributed by atoms with Crippen LogP contribution in [-0.4, -0.2) is 40.2 Å². The molecule has 0 aliphatic carbocycles. The summed E-state index contributed by atoms with van der Waals surface area (Å²) in [6, 6.07) is 0. The molecule has 23 heavy (non-hydrogen) atoms. The van der Waals surface area contributed by atoms with Crippen LogP contribution in [0.25, 0.3) is 0 Å². The van der Waals surface area contributed by atoms with E-state index in [1.165, 1.54) is 4.90 Å². The summed E-state index contributed by atoms with van der Waals surface area (Å²) in [7, 11) is 0. The summed E-state index contributed by atoms with van der Waals surface area (Å²) in [5.41, 5.74) is 0. The number of likely N-dealkylation sites (tertiary alicyclic amines) is 1.